The molecule has 5 nitrogen and oxygen atoms in total. The van der Waals surface area contributed by atoms with Crippen LogP contribution in [0, 0.1) is 0 Å². The molecule has 6 heteroatoms. The third-order valence-corrected chi connectivity index (χ3v) is 2.79. The van der Waals surface area contributed by atoms with Crippen LogP contribution in [0.3, 0.4) is 0 Å². The van der Waals surface area contributed by atoms with Crippen LogP contribution in [0.5, 0.6) is 0 Å². The van der Waals surface area contributed by atoms with Crippen molar-refractivity contribution in [1.82, 2.24) is 9.19 Å². The monoisotopic (exact) mass is 180 g/mol. The van der Waals surface area contributed by atoms with Gasteiger partial charge in [-0.15, -0.1) is 0 Å². The summed E-state index contributed by atoms with van der Waals surface area (Å²) >= 11 is 0. The van der Waals surface area contributed by atoms with Gasteiger partial charge in [-0.25, -0.2) is 4.72 Å². The Morgan fingerprint density at radius 2 is 2.36 bits per heavy atom. The molecular formula is C5H12N2O3S. The van der Waals surface area contributed by atoms with Gasteiger partial charge in [-0.3, -0.25) is 4.84 Å². The summed E-state index contributed by atoms with van der Waals surface area (Å²) in [5.41, 5.74) is 0. The molecule has 1 aliphatic heterocycles. The van der Waals surface area contributed by atoms with Crippen LogP contribution >= 0.6 is 0 Å². The summed E-state index contributed by atoms with van der Waals surface area (Å²) in [5.74, 6) is 0. The molecule has 1 rings (SSSR count). The Kier molecular flexibility index (Phi) is 2.83. The van der Waals surface area contributed by atoms with Crippen LogP contribution in [0.15, 0.2) is 0 Å². The molecule has 0 aromatic heterocycles. The first-order valence-electron chi connectivity index (χ1n) is 3.57. The summed E-state index contributed by atoms with van der Waals surface area (Å²) in [4.78, 5) is 4.85. The fourth-order valence-corrected chi connectivity index (χ4v) is 1.96. The lowest BCUT2D eigenvalue weighted by molar-refractivity contribution is -0.0296. The zero-order valence-corrected chi connectivity index (χ0v) is 7.23. The van der Waals surface area contributed by atoms with E-state index in [1.54, 1.807) is 6.92 Å². The van der Waals surface area contributed by atoms with Crippen LogP contribution < -0.4 is 4.72 Å². The molecule has 0 radical (unpaired) electrons. The molecule has 11 heavy (non-hydrogen) atoms. The molecule has 0 atom stereocenters. The van der Waals surface area contributed by atoms with Crippen molar-refractivity contribution in [2.24, 2.45) is 0 Å². The predicted octanol–water partition coefficient (Wildman–Crippen LogP) is -0.522. The van der Waals surface area contributed by atoms with Gasteiger partial charge in [0.25, 0.3) is 0 Å². The van der Waals surface area contributed by atoms with Gasteiger partial charge in [0, 0.05) is 13.1 Å². The minimum Gasteiger partial charge on any atom is -0.283 e. The van der Waals surface area contributed by atoms with E-state index < -0.39 is 10.2 Å². The highest BCUT2D eigenvalue weighted by atomic mass is 32.2. The molecule has 0 amide bonds. The number of rotatable bonds is 3. The van der Waals surface area contributed by atoms with E-state index in [0.717, 1.165) is 10.9 Å². The Labute approximate surface area is 66.5 Å². The summed E-state index contributed by atoms with van der Waals surface area (Å²) in [6.45, 7) is 3.07. The molecule has 0 spiro atoms. The summed E-state index contributed by atoms with van der Waals surface area (Å²) in [6.07, 6.45) is 0.768. The molecule has 1 aliphatic rings. The summed E-state index contributed by atoms with van der Waals surface area (Å²) < 4.78 is 25.6. The van der Waals surface area contributed by atoms with E-state index in [4.69, 9.17) is 4.84 Å². The lowest BCUT2D eigenvalue weighted by atomic mass is 10.5. The number of hydrogen-bond donors (Lipinski definition) is 1. The molecule has 1 heterocycles. The van der Waals surface area contributed by atoms with Crippen LogP contribution in [0.1, 0.15) is 13.3 Å². The topological polar surface area (TPSA) is 58.6 Å². The fourth-order valence-electron chi connectivity index (χ4n) is 0.869. The fraction of sp³-hybridized carbons (Fsp3) is 1.00. The molecule has 1 N–H and O–H groups in total. The smallest absolute Gasteiger partial charge is 0.283 e. The number of nitrogens with one attached hydrogen (secondary N) is 1. The van der Waals surface area contributed by atoms with Crippen LogP contribution in [-0.4, -0.2) is 32.6 Å². The largest absolute Gasteiger partial charge is 0.301 e. The minimum absolute atomic E-state index is 0.391. The second kappa shape index (κ2) is 3.48. The normalized spacial score (nSPS) is 20.8. The van der Waals surface area contributed by atoms with E-state index in [9.17, 15) is 8.42 Å². The van der Waals surface area contributed by atoms with Gasteiger partial charge in [0.05, 0.1) is 6.61 Å². The van der Waals surface area contributed by atoms with Crippen molar-refractivity contribution >= 4 is 10.2 Å². The third-order valence-electron chi connectivity index (χ3n) is 1.32. The number of nitrogens with zero attached hydrogens (tertiary/aromatic N) is 1. The van der Waals surface area contributed by atoms with Gasteiger partial charge < -0.3 is 0 Å². The Morgan fingerprint density at radius 3 is 2.82 bits per heavy atom. The van der Waals surface area contributed by atoms with E-state index in [1.807, 2.05) is 0 Å². The van der Waals surface area contributed by atoms with Gasteiger partial charge in [-0.2, -0.15) is 8.42 Å². The maximum absolute atomic E-state index is 11.1. The molecule has 1 fully saturated rings. The molecule has 0 bridgehead atoms. The quantitative estimate of drug-likeness (QED) is 0.635. The Morgan fingerprint density at radius 1 is 1.64 bits per heavy atom. The lowest BCUT2D eigenvalue weighted by Crippen LogP contribution is -2.37. The third kappa shape index (κ3) is 2.13. The van der Waals surface area contributed by atoms with E-state index >= 15 is 0 Å². The van der Waals surface area contributed by atoms with E-state index in [1.165, 1.54) is 0 Å². The van der Waals surface area contributed by atoms with Crippen molar-refractivity contribution in [1.29, 1.82) is 0 Å². The van der Waals surface area contributed by atoms with E-state index in [2.05, 4.69) is 4.72 Å². The second-order valence-electron chi connectivity index (χ2n) is 2.22. The van der Waals surface area contributed by atoms with Crippen molar-refractivity contribution < 1.29 is 13.3 Å². The first-order chi connectivity index (χ1) is 5.17. The van der Waals surface area contributed by atoms with Crippen LogP contribution in [-0.2, 0) is 15.0 Å². The van der Waals surface area contributed by atoms with Gasteiger partial charge in [0.2, 0.25) is 0 Å². The second-order valence-corrected chi connectivity index (χ2v) is 3.86. The average Bonchev–Trinajstić information content (AvgIpc) is 2.37. The van der Waals surface area contributed by atoms with Gasteiger partial charge in [-0.1, -0.05) is 11.4 Å². The first-order valence-corrected chi connectivity index (χ1v) is 5.01. The standard InChI is InChI=1S/C5H12N2O3S/c1-2-6-11(8,9)7-4-3-5-10-7/h6H,2-5H2,1H3. The van der Waals surface area contributed by atoms with Crippen molar-refractivity contribution in [3.8, 4) is 0 Å². The molecule has 1 saturated heterocycles. The minimum atomic E-state index is -3.35. The van der Waals surface area contributed by atoms with Crippen molar-refractivity contribution in [3.05, 3.63) is 0 Å². The molecule has 0 aromatic carbocycles. The maximum atomic E-state index is 11.1. The van der Waals surface area contributed by atoms with E-state index in [-0.39, 0.29) is 0 Å². The maximum Gasteiger partial charge on any atom is 0.301 e. The highest BCUT2D eigenvalue weighted by molar-refractivity contribution is 7.87. The van der Waals surface area contributed by atoms with Crippen LogP contribution in [0.4, 0.5) is 0 Å². The van der Waals surface area contributed by atoms with Crippen molar-refractivity contribution in [3.63, 3.8) is 0 Å². The number of hydrogen-bond acceptors (Lipinski definition) is 3. The lowest BCUT2D eigenvalue weighted by Gasteiger charge is -2.13. The van der Waals surface area contributed by atoms with Crippen LogP contribution in [0.25, 0.3) is 0 Å². The SMILES string of the molecule is CCNS(=O)(=O)N1CCCO1. The summed E-state index contributed by atoms with van der Waals surface area (Å²) in [6, 6.07) is 0. The first kappa shape index (κ1) is 8.92. The molecule has 0 aliphatic carbocycles. The molecule has 0 aromatic rings. The Bertz CT molecular complexity index is 208. The van der Waals surface area contributed by atoms with Gasteiger partial charge in [-0.05, 0) is 6.42 Å². The van der Waals surface area contributed by atoms with Crippen molar-refractivity contribution in [2.75, 3.05) is 19.7 Å². The van der Waals surface area contributed by atoms with Gasteiger partial charge >= 0.3 is 10.2 Å². The zero-order valence-electron chi connectivity index (χ0n) is 6.41. The van der Waals surface area contributed by atoms with Gasteiger partial charge in [0.1, 0.15) is 0 Å². The Balaban J connectivity index is 2.56. The molecule has 66 valence electrons. The number of hydroxylamine groups is 1. The van der Waals surface area contributed by atoms with Crippen molar-refractivity contribution in [2.45, 2.75) is 13.3 Å². The average molecular weight is 180 g/mol. The zero-order chi connectivity index (χ0) is 8.32. The van der Waals surface area contributed by atoms with Gasteiger partial charge in [0.15, 0.2) is 0 Å². The molecule has 0 saturated carbocycles. The molecule has 0 unspecified atom stereocenters. The van der Waals surface area contributed by atoms with E-state index in [0.29, 0.717) is 19.7 Å². The molecular weight excluding hydrogens is 168 g/mol. The summed E-state index contributed by atoms with van der Waals surface area (Å²) in [7, 11) is -3.35. The Hall–Kier alpha value is -0.170. The van der Waals surface area contributed by atoms with Crippen LogP contribution in [0.2, 0.25) is 0 Å². The summed E-state index contributed by atoms with van der Waals surface area (Å²) in [5, 5.41) is 0. The predicted molar refractivity (Wildman–Crippen MR) is 39.9 cm³/mol. The highest BCUT2D eigenvalue weighted by Gasteiger charge is 2.25. The highest BCUT2D eigenvalue weighted by Crippen LogP contribution is 2.07.